The number of hydrogen-bond acceptors (Lipinski definition) is 5. The van der Waals surface area contributed by atoms with E-state index in [9.17, 15) is 28.1 Å². The molecule has 35 heavy (non-hydrogen) atoms. The maximum Gasteiger partial charge on any atom is 0.436 e. The van der Waals surface area contributed by atoms with E-state index >= 15 is 0 Å². The summed E-state index contributed by atoms with van der Waals surface area (Å²) in [4.78, 5) is 23.7. The van der Waals surface area contributed by atoms with Crippen molar-refractivity contribution in [2.75, 3.05) is 5.32 Å². The van der Waals surface area contributed by atoms with Crippen molar-refractivity contribution in [2.24, 2.45) is 0 Å². The van der Waals surface area contributed by atoms with Crippen LogP contribution in [0.2, 0.25) is 5.02 Å². The highest BCUT2D eigenvalue weighted by Gasteiger charge is 2.43. The van der Waals surface area contributed by atoms with E-state index in [2.05, 4.69) is 10.4 Å². The molecular weight excluding hydrogens is 489 g/mol. The Labute approximate surface area is 202 Å². The predicted molar refractivity (Wildman–Crippen MR) is 122 cm³/mol. The van der Waals surface area contributed by atoms with Crippen LogP contribution in [-0.4, -0.2) is 20.6 Å². The first-order valence-corrected chi connectivity index (χ1v) is 11.0. The smallest absolute Gasteiger partial charge is 0.436 e. The van der Waals surface area contributed by atoms with Crippen LogP contribution in [0.15, 0.2) is 42.5 Å². The average Bonchev–Trinajstić information content (AvgIpc) is 3.55. The normalized spacial score (nSPS) is 14.5. The maximum atomic E-state index is 13.4. The van der Waals surface area contributed by atoms with Crippen molar-refractivity contribution in [3.63, 3.8) is 0 Å². The molecule has 0 radical (unpaired) electrons. The quantitative estimate of drug-likeness (QED) is 0.285. The van der Waals surface area contributed by atoms with Crippen molar-refractivity contribution in [3.8, 4) is 11.5 Å². The Bertz CT molecular complexity index is 1290. The summed E-state index contributed by atoms with van der Waals surface area (Å²) in [5.41, 5.74) is -0.386. The molecule has 0 spiro atoms. The zero-order chi connectivity index (χ0) is 25.5. The van der Waals surface area contributed by atoms with Gasteiger partial charge in [-0.2, -0.15) is 18.3 Å². The van der Waals surface area contributed by atoms with Crippen molar-refractivity contribution in [1.82, 2.24) is 9.78 Å². The first-order chi connectivity index (χ1) is 16.4. The Morgan fingerprint density at radius 3 is 2.46 bits per heavy atom. The molecule has 1 unspecified atom stereocenters. The van der Waals surface area contributed by atoms with E-state index in [1.165, 1.54) is 19.1 Å². The fourth-order valence-corrected chi connectivity index (χ4v) is 3.93. The molecule has 1 aliphatic rings. The molecule has 184 valence electrons. The first kappa shape index (κ1) is 24.5. The molecule has 0 aliphatic heterocycles. The van der Waals surface area contributed by atoms with E-state index < -0.39 is 33.8 Å². The lowest BCUT2D eigenvalue weighted by molar-refractivity contribution is -0.384. The number of aromatic nitrogens is 2. The van der Waals surface area contributed by atoms with Gasteiger partial charge in [-0.1, -0.05) is 29.3 Å². The number of anilines is 1. The minimum Gasteiger partial charge on any atom is -0.457 e. The number of nitro groups is 1. The van der Waals surface area contributed by atoms with Crippen LogP contribution >= 0.6 is 11.6 Å². The molecule has 0 bridgehead atoms. The summed E-state index contributed by atoms with van der Waals surface area (Å²) in [6, 6.07) is 9.54. The number of nitro benzene ring substituents is 1. The van der Waals surface area contributed by atoms with Gasteiger partial charge in [0, 0.05) is 18.1 Å². The van der Waals surface area contributed by atoms with Crippen LogP contribution in [0.4, 0.5) is 24.5 Å². The average molecular weight is 509 g/mol. The molecule has 0 saturated heterocycles. The van der Waals surface area contributed by atoms with Gasteiger partial charge in [0.15, 0.2) is 5.69 Å². The third kappa shape index (κ3) is 5.40. The summed E-state index contributed by atoms with van der Waals surface area (Å²) in [5, 5.41) is 17.0. The monoisotopic (exact) mass is 508 g/mol. The second-order valence-electron chi connectivity index (χ2n) is 8.32. The molecule has 1 saturated carbocycles. The highest BCUT2D eigenvalue weighted by molar-refractivity contribution is 6.32. The van der Waals surface area contributed by atoms with Crippen LogP contribution in [0.5, 0.6) is 11.5 Å². The van der Waals surface area contributed by atoms with E-state index in [1.54, 1.807) is 24.3 Å². The number of ether oxygens (including phenoxy) is 1. The van der Waals surface area contributed by atoms with E-state index in [-0.39, 0.29) is 28.7 Å². The van der Waals surface area contributed by atoms with E-state index in [0.29, 0.717) is 18.6 Å². The number of aryl methyl sites for hydroxylation is 1. The molecule has 1 aliphatic carbocycles. The predicted octanol–water partition coefficient (Wildman–Crippen LogP) is 6.64. The van der Waals surface area contributed by atoms with Crippen molar-refractivity contribution in [1.29, 1.82) is 0 Å². The van der Waals surface area contributed by atoms with E-state index in [4.69, 9.17) is 16.3 Å². The highest BCUT2D eigenvalue weighted by atomic mass is 35.5. The Balaban J connectivity index is 1.61. The zero-order valence-electron chi connectivity index (χ0n) is 18.6. The third-order valence-electron chi connectivity index (χ3n) is 5.49. The number of halogens is 4. The van der Waals surface area contributed by atoms with E-state index in [0.717, 1.165) is 16.3 Å². The molecular formula is C23H20ClF3N4O4. The summed E-state index contributed by atoms with van der Waals surface area (Å²) in [5.74, 6) is -0.400. The van der Waals surface area contributed by atoms with Crippen LogP contribution < -0.4 is 10.1 Å². The lowest BCUT2D eigenvalue weighted by atomic mass is 10.2. The standard InChI is InChI=1S/C23H20ClF3N4O4/c1-12-3-7-17(8-4-12)35-18-10-15(9-16(11-18)31(33)34)28-22(32)13(2)30-20(14-5-6-14)19(24)21(29-30)23(25,26)27/h3-4,7-11,13-14H,5-6H2,1-2H3,(H,28,32). The molecule has 1 heterocycles. The van der Waals surface area contributed by atoms with Crippen molar-refractivity contribution >= 4 is 28.9 Å². The van der Waals surface area contributed by atoms with Gasteiger partial charge >= 0.3 is 6.18 Å². The van der Waals surface area contributed by atoms with Crippen LogP contribution in [-0.2, 0) is 11.0 Å². The molecule has 1 amide bonds. The number of amides is 1. The SMILES string of the molecule is Cc1ccc(Oc2cc(NC(=O)C(C)n3nc(C(F)(F)F)c(Cl)c3C3CC3)cc([N+](=O)[O-])c2)cc1. The van der Waals surface area contributed by atoms with Gasteiger partial charge in [0.1, 0.15) is 17.5 Å². The van der Waals surface area contributed by atoms with Crippen molar-refractivity contribution < 1.29 is 27.6 Å². The molecule has 4 rings (SSSR count). The highest BCUT2D eigenvalue weighted by Crippen LogP contribution is 2.47. The van der Waals surface area contributed by atoms with Crippen molar-refractivity contribution in [3.05, 3.63) is 74.6 Å². The summed E-state index contributed by atoms with van der Waals surface area (Å²) in [6.07, 6.45) is -3.49. The fourth-order valence-electron chi connectivity index (χ4n) is 3.55. The number of non-ortho nitro benzene ring substituents is 1. The number of benzene rings is 2. The Morgan fingerprint density at radius 2 is 1.89 bits per heavy atom. The molecule has 1 N–H and O–H groups in total. The number of rotatable bonds is 7. The van der Waals surface area contributed by atoms with Gasteiger partial charge < -0.3 is 10.1 Å². The van der Waals surface area contributed by atoms with Gasteiger partial charge in [0.05, 0.1) is 27.4 Å². The van der Waals surface area contributed by atoms with Crippen molar-refractivity contribution in [2.45, 2.75) is 44.8 Å². The summed E-state index contributed by atoms with van der Waals surface area (Å²) in [7, 11) is 0. The van der Waals surface area contributed by atoms with Crippen LogP contribution in [0.3, 0.4) is 0 Å². The largest absolute Gasteiger partial charge is 0.457 e. The Kier molecular flexibility index (Phi) is 6.46. The topological polar surface area (TPSA) is 99.3 Å². The van der Waals surface area contributed by atoms with Gasteiger partial charge in [-0.05, 0) is 38.8 Å². The molecule has 1 aromatic heterocycles. The number of carbonyl (C=O) groups is 1. The number of carbonyl (C=O) groups excluding carboxylic acids is 1. The second-order valence-corrected chi connectivity index (χ2v) is 8.70. The van der Waals surface area contributed by atoms with Gasteiger partial charge in [0.25, 0.3) is 5.69 Å². The molecule has 12 heteroatoms. The molecule has 1 fully saturated rings. The Hall–Kier alpha value is -3.60. The minimum absolute atomic E-state index is 0.0421. The van der Waals surface area contributed by atoms with Gasteiger partial charge in [0.2, 0.25) is 5.91 Å². The first-order valence-electron chi connectivity index (χ1n) is 10.6. The summed E-state index contributed by atoms with van der Waals surface area (Å²) in [6.45, 7) is 3.27. The van der Waals surface area contributed by atoms with Gasteiger partial charge in [-0.25, -0.2) is 0 Å². The maximum absolute atomic E-state index is 13.4. The molecule has 3 aromatic rings. The minimum atomic E-state index is -4.77. The van der Waals surface area contributed by atoms with Gasteiger partial charge in [-0.15, -0.1) is 0 Å². The third-order valence-corrected chi connectivity index (χ3v) is 5.87. The number of nitrogens with one attached hydrogen (secondary N) is 1. The summed E-state index contributed by atoms with van der Waals surface area (Å²) >= 11 is 5.99. The van der Waals surface area contributed by atoms with Crippen LogP contribution in [0.1, 0.15) is 48.7 Å². The second kappa shape index (κ2) is 9.21. The lowest BCUT2D eigenvalue weighted by Gasteiger charge is -2.16. The molecule has 8 nitrogen and oxygen atoms in total. The number of alkyl halides is 3. The van der Waals surface area contributed by atoms with Gasteiger partial charge in [-0.3, -0.25) is 19.6 Å². The lowest BCUT2D eigenvalue weighted by Crippen LogP contribution is -2.26. The van der Waals surface area contributed by atoms with Crippen LogP contribution in [0, 0.1) is 17.0 Å². The van der Waals surface area contributed by atoms with Crippen LogP contribution in [0.25, 0.3) is 0 Å². The fraction of sp³-hybridized carbons (Fsp3) is 0.304. The number of hydrogen-bond donors (Lipinski definition) is 1. The number of nitrogens with zero attached hydrogens (tertiary/aromatic N) is 3. The summed E-state index contributed by atoms with van der Waals surface area (Å²) < 4.78 is 46.8. The Morgan fingerprint density at radius 1 is 1.23 bits per heavy atom. The van der Waals surface area contributed by atoms with E-state index in [1.807, 2.05) is 6.92 Å². The molecule has 2 aromatic carbocycles. The zero-order valence-corrected chi connectivity index (χ0v) is 19.4. The molecule has 1 atom stereocenters.